The lowest BCUT2D eigenvalue weighted by molar-refractivity contribution is 0.764. The largest absolute Gasteiger partial charge is 0.398 e. The minimum atomic E-state index is 0.725. The Bertz CT molecular complexity index is 459. The van der Waals surface area contributed by atoms with Crippen LogP contribution in [0.2, 0.25) is 0 Å². The van der Waals surface area contributed by atoms with Crippen molar-refractivity contribution in [3.05, 3.63) is 30.1 Å². The second-order valence-electron chi connectivity index (χ2n) is 3.19. The summed E-state index contributed by atoms with van der Waals surface area (Å²) in [6.45, 7) is 1.86. The van der Waals surface area contributed by atoms with Crippen LogP contribution in [0.15, 0.2) is 24.3 Å². The second-order valence-corrected chi connectivity index (χ2v) is 3.19. The van der Waals surface area contributed by atoms with Gasteiger partial charge in [-0.05, 0) is 19.1 Å². The monoisotopic (exact) mass is 188 g/mol. The average Bonchev–Trinajstić information content (AvgIpc) is 2.46. The van der Waals surface area contributed by atoms with Crippen molar-refractivity contribution in [2.45, 2.75) is 6.92 Å². The average molecular weight is 188 g/mol. The summed E-state index contributed by atoms with van der Waals surface area (Å²) in [6, 6.07) is 7.65. The van der Waals surface area contributed by atoms with Crippen molar-refractivity contribution >= 4 is 5.69 Å². The molecule has 0 aliphatic carbocycles. The van der Waals surface area contributed by atoms with Crippen LogP contribution in [-0.4, -0.2) is 14.8 Å². The topological polar surface area (TPSA) is 56.7 Å². The molecule has 72 valence electrons. The van der Waals surface area contributed by atoms with E-state index >= 15 is 0 Å². The molecule has 0 atom stereocenters. The maximum atomic E-state index is 5.85. The van der Waals surface area contributed by atoms with E-state index in [4.69, 9.17) is 5.73 Å². The third-order valence-corrected chi connectivity index (χ3v) is 2.07. The lowest BCUT2D eigenvalue weighted by atomic mass is 10.2. The Morgan fingerprint density at radius 3 is 2.57 bits per heavy atom. The molecular weight excluding hydrogens is 176 g/mol. The first-order valence-electron chi connectivity index (χ1n) is 4.41. The number of anilines is 1. The van der Waals surface area contributed by atoms with E-state index in [1.54, 1.807) is 4.68 Å². The highest BCUT2D eigenvalue weighted by atomic mass is 15.3. The number of para-hydroxylation sites is 1. The third kappa shape index (κ3) is 1.35. The Kier molecular flexibility index (Phi) is 1.96. The van der Waals surface area contributed by atoms with Gasteiger partial charge in [0.1, 0.15) is 5.82 Å². The summed E-state index contributed by atoms with van der Waals surface area (Å²) < 4.78 is 1.74. The van der Waals surface area contributed by atoms with Gasteiger partial charge in [-0.2, -0.15) is 5.10 Å². The van der Waals surface area contributed by atoms with E-state index in [9.17, 15) is 0 Å². The molecule has 0 aliphatic rings. The molecular formula is C10H12N4. The van der Waals surface area contributed by atoms with E-state index in [0.29, 0.717) is 0 Å². The summed E-state index contributed by atoms with van der Waals surface area (Å²) in [5.41, 5.74) is 7.50. The summed E-state index contributed by atoms with van der Waals surface area (Å²) in [6.07, 6.45) is 0. The van der Waals surface area contributed by atoms with Crippen LogP contribution in [0.25, 0.3) is 11.4 Å². The molecule has 0 saturated carbocycles. The normalized spacial score (nSPS) is 10.4. The van der Waals surface area contributed by atoms with Gasteiger partial charge in [0.25, 0.3) is 0 Å². The number of hydrogen-bond donors (Lipinski definition) is 1. The number of rotatable bonds is 1. The molecule has 0 spiro atoms. The summed E-state index contributed by atoms with van der Waals surface area (Å²) in [4.78, 5) is 4.31. The van der Waals surface area contributed by atoms with Gasteiger partial charge < -0.3 is 5.73 Å². The Balaban J connectivity index is 2.60. The van der Waals surface area contributed by atoms with Crippen molar-refractivity contribution in [3.63, 3.8) is 0 Å². The molecule has 1 aromatic carbocycles. The van der Waals surface area contributed by atoms with Gasteiger partial charge in [0.05, 0.1) is 0 Å². The molecule has 4 nitrogen and oxygen atoms in total. The fourth-order valence-electron chi connectivity index (χ4n) is 1.45. The van der Waals surface area contributed by atoms with Crippen LogP contribution in [0.3, 0.4) is 0 Å². The van der Waals surface area contributed by atoms with Gasteiger partial charge in [-0.25, -0.2) is 9.67 Å². The van der Waals surface area contributed by atoms with Gasteiger partial charge in [-0.3, -0.25) is 0 Å². The first kappa shape index (κ1) is 8.74. The SMILES string of the molecule is Cc1nc(-c2ccccc2N)n(C)n1. The molecule has 14 heavy (non-hydrogen) atoms. The molecule has 0 fully saturated rings. The van der Waals surface area contributed by atoms with E-state index in [1.165, 1.54) is 0 Å². The van der Waals surface area contributed by atoms with Crippen molar-refractivity contribution in [2.24, 2.45) is 7.05 Å². The summed E-state index contributed by atoms with van der Waals surface area (Å²) in [7, 11) is 1.86. The minimum Gasteiger partial charge on any atom is -0.398 e. The van der Waals surface area contributed by atoms with Crippen molar-refractivity contribution in [3.8, 4) is 11.4 Å². The quantitative estimate of drug-likeness (QED) is 0.688. The maximum absolute atomic E-state index is 5.85. The number of nitrogen functional groups attached to an aromatic ring is 1. The smallest absolute Gasteiger partial charge is 0.160 e. The zero-order valence-electron chi connectivity index (χ0n) is 8.23. The molecule has 0 unspecified atom stereocenters. The molecule has 0 bridgehead atoms. The van der Waals surface area contributed by atoms with E-state index < -0.39 is 0 Å². The third-order valence-electron chi connectivity index (χ3n) is 2.07. The fraction of sp³-hybridized carbons (Fsp3) is 0.200. The van der Waals surface area contributed by atoms with E-state index in [0.717, 1.165) is 22.9 Å². The molecule has 0 amide bonds. The highest BCUT2D eigenvalue weighted by molar-refractivity contribution is 5.71. The van der Waals surface area contributed by atoms with Gasteiger partial charge in [0, 0.05) is 18.3 Å². The van der Waals surface area contributed by atoms with Crippen molar-refractivity contribution in [1.82, 2.24) is 14.8 Å². The summed E-state index contributed by atoms with van der Waals surface area (Å²) in [5.74, 6) is 1.56. The molecule has 1 heterocycles. The number of aromatic nitrogens is 3. The van der Waals surface area contributed by atoms with Crippen LogP contribution in [0.5, 0.6) is 0 Å². The number of nitrogens with zero attached hydrogens (tertiary/aromatic N) is 3. The van der Waals surface area contributed by atoms with E-state index in [2.05, 4.69) is 10.1 Å². The van der Waals surface area contributed by atoms with E-state index in [1.807, 2.05) is 38.2 Å². The maximum Gasteiger partial charge on any atom is 0.160 e. The Morgan fingerprint density at radius 2 is 2.00 bits per heavy atom. The van der Waals surface area contributed by atoms with Crippen LogP contribution in [0.1, 0.15) is 5.82 Å². The van der Waals surface area contributed by atoms with Gasteiger partial charge in [0.2, 0.25) is 0 Å². The Labute approximate surface area is 82.4 Å². The summed E-state index contributed by atoms with van der Waals surface area (Å²) in [5, 5.41) is 4.18. The van der Waals surface area contributed by atoms with Crippen LogP contribution in [-0.2, 0) is 7.05 Å². The molecule has 0 aliphatic heterocycles. The van der Waals surface area contributed by atoms with Crippen molar-refractivity contribution in [1.29, 1.82) is 0 Å². The summed E-state index contributed by atoms with van der Waals surface area (Å²) >= 11 is 0. The fourth-order valence-corrected chi connectivity index (χ4v) is 1.45. The van der Waals surface area contributed by atoms with Gasteiger partial charge >= 0.3 is 0 Å². The van der Waals surface area contributed by atoms with Crippen molar-refractivity contribution < 1.29 is 0 Å². The lowest BCUT2D eigenvalue weighted by Crippen LogP contribution is -1.97. The molecule has 0 radical (unpaired) electrons. The zero-order valence-corrected chi connectivity index (χ0v) is 8.23. The highest BCUT2D eigenvalue weighted by Gasteiger charge is 2.08. The Hall–Kier alpha value is -1.84. The number of nitrogens with two attached hydrogens (primary N) is 1. The van der Waals surface area contributed by atoms with Crippen LogP contribution in [0, 0.1) is 6.92 Å². The first-order valence-corrected chi connectivity index (χ1v) is 4.41. The van der Waals surface area contributed by atoms with Crippen LogP contribution < -0.4 is 5.73 Å². The molecule has 2 rings (SSSR count). The molecule has 1 aromatic heterocycles. The lowest BCUT2D eigenvalue weighted by Gasteiger charge is -2.02. The highest BCUT2D eigenvalue weighted by Crippen LogP contribution is 2.22. The zero-order chi connectivity index (χ0) is 10.1. The molecule has 2 N–H and O–H groups in total. The number of aryl methyl sites for hydroxylation is 2. The standard InChI is InChI=1S/C10H12N4/c1-7-12-10(14(2)13-7)8-5-3-4-6-9(8)11/h3-6H,11H2,1-2H3. The van der Waals surface area contributed by atoms with Crippen LogP contribution in [0.4, 0.5) is 5.69 Å². The first-order chi connectivity index (χ1) is 6.68. The van der Waals surface area contributed by atoms with Gasteiger partial charge in [0.15, 0.2) is 5.82 Å². The molecule has 0 saturated heterocycles. The van der Waals surface area contributed by atoms with Gasteiger partial charge in [-0.1, -0.05) is 12.1 Å². The predicted molar refractivity (Wildman–Crippen MR) is 55.6 cm³/mol. The Morgan fingerprint density at radius 1 is 1.29 bits per heavy atom. The van der Waals surface area contributed by atoms with Crippen molar-refractivity contribution in [2.75, 3.05) is 5.73 Å². The van der Waals surface area contributed by atoms with E-state index in [-0.39, 0.29) is 0 Å². The van der Waals surface area contributed by atoms with Crippen LogP contribution >= 0.6 is 0 Å². The predicted octanol–water partition coefficient (Wildman–Crippen LogP) is 1.37. The number of benzene rings is 1. The molecule has 2 aromatic rings. The second kappa shape index (κ2) is 3.14. The molecule has 4 heteroatoms. The minimum absolute atomic E-state index is 0.725. The number of hydrogen-bond acceptors (Lipinski definition) is 3. The van der Waals surface area contributed by atoms with Gasteiger partial charge in [-0.15, -0.1) is 0 Å².